The maximum Gasteiger partial charge on any atom is 0.349 e. The zero-order valence-electron chi connectivity index (χ0n) is 15.3. The second-order valence-corrected chi connectivity index (χ2v) is 7.08. The van der Waals surface area contributed by atoms with Crippen LogP contribution in [0.25, 0.3) is 11.0 Å². The van der Waals surface area contributed by atoms with Gasteiger partial charge in [-0.25, -0.2) is 9.78 Å². The van der Waals surface area contributed by atoms with Crippen LogP contribution in [0.2, 0.25) is 0 Å². The van der Waals surface area contributed by atoms with Crippen LogP contribution in [-0.2, 0) is 6.54 Å². The van der Waals surface area contributed by atoms with E-state index in [0.29, 0.717) is 24.1 Å². The molecule has 3 heterocycles. The Balaban J connectivity index is 1.54. The topological polar surface area (TPSA) is 99.4 Å². The fraction of sp³-hybridized carbons (Fsp3) is 0.136. The van der Waals surface area contributed by atoms with E-state index in [0.717, 1.165) is 17.0 Å². The van der Waals surface area contributed by atoms with Crippen molar-refractivity contribution in [3.63, 3.8) is 0 Å². The lowest BCUT2D eigenvalue weighted by Crippen LogP contribution is -2.40. The maximum atomic E-state index is 13.2. The third-order valence-corrected chi connectivity index (χ3v) is 5.27. The largest absolute Gasteiger partial charge is 0.508 e. The fourth-order valence-corrected chi connectivity index (χ4v) is 3.86. The predicted octanol–water partition coefficient (Wildman–Crippen LogP) is 3.01. The van der Waals surface area contributed by atoms with E-state index in [2.05, 4.69) is 9.97 Å². The predicted molar refractivity (Wildman–Crippen MR) is 106 cm³/mol. The van der Waals surface area contributed by atoms with Crippen LogP contribution in [0, 0.1) is 0 Å². The number of phenolic OH excluding ortho intramolecular Hbond substituents is 1. The molecule has 4 aromatic rings. The smallest absolute Gasteiger partial charge is 0.349 e. The van der Waals surface area contributed by atoms with Crippen LogP contribution in [-0.4, -0.2) is 32.4 Å². The number of aromatic hydroxyl groups is 1. The van der Waals surface area contributed by atoms with E-state index in [4.69, 9.17) is 4.42 Å². The molecular weight excluding hydrogens is 370 g/mol. The monoisotopic (exact) mass is 387 g/mol. The van der Waals surface area contributed by atoms with Crippen LogP contribution in [0.15, 0.2) is 70.1 Å². The molecule has 144 valence electrons. The highest BCUT2D eigenvalue weighted by molar-refractivity contribution is 5.96. The molecule has 0 saturated heterocycles. The van der Waals surface area contributed by atoms with Crippen LogP contribution in [0.1, 0.15) is 33.2 Å². The Morgan fingerprint density at radius 1 is 1.17 bits per heavy atom. The first-order chi connectivity index (χ1) is 14.1. The van der Waals surface area contributed by atoms with E-state index in [1.54, 1.807) is 53.7 Å². The molecule has 7 heteroatoms. The number of rotatable bonds is 2. The zero-order chi connectivity index (χ0) is 20.0. The highest BCUT2D eigenvalue weighted by Gasteiger charge is 2.33. The van der Waals surface area contributed by atoms with Gasteiger partial charge in [0.25, 0.3) is 5.91 Å². The van der Waals surface area contributed by atoms with E-state index in [9.17, 15) is 14.7 Å². The van der Waals surface area contributed by atoms with Crippen molar-refractivity contribution < 1.29 is 14.3 Å². The number of fused-ring (bicyclic) bond motifs is 2. The number of imidazole rings is 1. The lowest BCUT2D eigenvalue weighted by atomic mass is 9.90. The standard InChI is InChI=1S/C22H17N3O4/c26-15-6-3-5-13(8-15)17-10-25(11-18-20(17)24-12-23-18)21(27)16-9-14-4-1-2-7-19(14)29-22(16)28/h1-9,12,17,26H,10-11H2,(H,23,24). The molecule has 2 N–H and O–H groups in total. The Bertz CT molecular complexity index is 1290. The number of benzene rings is 2. The fourth-order valence-electron chi connectivity index (χ4n) is 3.86. The molecule has 1 amide bonds. The number of amides is 1. The first kappa shape index (κ1) is 17.2. The molecule has 1 aliphatic heterocycles. The van der Waals surface area contributed by atoms with Crippen molar-refractivity contribution in [1.82, 2.24) is 14.9 Å². The van der Waals surface area contributed by atoms with Gasteiger partial charge in [-0.2, -0.15) is 0 Å². The first-order valence-corrected chi connectivity index (χ1v) is 9.23. The molecule has 29 heavy (non-hydrogen) atoms. The Morgan fingerprint density at radius 3 is 2.90 bits per heavy atom. The third kappa shape index (κ3) is 2.97. The number of carbonyl (C=O) groups is 1. The minimum Gasteiger partial charge on any atom is -0.508 e. The van der Waals surface area contributed by atoms with Crippen LogP contribution in [0.4, 0.5) is 0 Å². The van der Waals surface area contributed by atoms with Gasteiger partial charge in [0.2, 0.25) is 0 Å². The summed E-state index contributed by atoms with van der Waals surface area (Å²) < 4.78 is 5.33. The van der Waals surface area contributed by atoms with Crippen molar-refractivity contribution in [2.75, 3.05) is 6.54 Å². The number of hydrogen-bond acceptors (Lipinski definition) is 5. The summed E-state index contributed by atoms with van der Waals surface area (Å²) in [6.45, 7) is 0.655. The van der Waals surface area contributed by atoms with Crippen LogP contribution >= 0.6 is 0 Å². The van der Waals surface area contributed by atoms with Crippen LogP contribution in [0.5, 0.6) is 5.75 Å². The normalized spacial score (nSPS) is 16.0. The Hall–Kier alpha value is -3.87. The SMILES string of the molecule is O=C(c1cc2ccccc2oc1=O)N1Cc2[nH]cnc2C(c2cccc(O)c2)C1. The van der Waals surface area contributed by atoms with E-state index in [1.807, 2.05) is 12.1 Å². The molecule has 2 aromatic heterocycles. The summed E-state index contributed by atoms with van der Waals surface area (Å²) in [5.74, 6) is -0.457. The number of nitrogens with one attached hydrogen (secondary N) is 1. The number of phenols is 1. The molecule has 0 saturated carbocycles. The van der Waals surface area contributed by atoms with Crippen molar-refractivity contribution in [2.24, 2.45) is 0 Å². The first-order valence-electron chi connectivity index (χ1n) is 9.23. The molecule has 5 rings (SSSR count). The zero-order valence-corrected chi connectivity index (χ0v) is 15.3. The van der Waals surface area contributed by atoms with Crippen molar-refractivity contribution in [3.05, 3.63) is 93.9 Å². The molecule has 0 fully saturated rings. The van der Waals surface area contributed by atoms with Gasteiger partial charge in [-0.3, -0.25) is 4.79 Å². The van der Waals surface area contributed by atoms with Crippen LogP contribution < -0.4 is 5.63 Å². The lowest BCUT2D eigenvalue weighted by molar-refractivity contribution is 0.0717. The molecular formula is C22H17N3O4. The Labute approximate surface area is 165 Å². The van der Waals surface area contributed by atoms with Crippen molar-refractivity contribution >= 4 is 16.9 Å². The Morgan fingerprint density at radius 2 is 2.03 bits per heavy atom. The lowest BCUT2D eigenvalue weighted by Gasteiger charge is -2.32. The molecule has 0 aliphatic carbocycles. The second-order valence-electron chi connectivity index (χ2n) is 7.08. The number of aromatic nitrogens is 2. The molecule has 2 aromatic carbocycles. The summed E-state index contributed by atoms with van der Waals surface area (Å²) in [6, 6.07) is 15.6. The van der Waals surface area contributed by atoms with Crippen molar-refractivity contribution in [3.8, 4) is 5.75 Å². The number of aromatic amines is 1. The molecule has 1 unspecified atom stereocenters. The summed E-state index contributed by atoms with van der Waals surface area (Å²) in [4.78, 5) is 34.8. The summed E-state index contributed by atoms with van der Waals surface area (Å²) in [7, 11) is 0. The van der Waals surface area contributed by atoms with Crippen molar-refractivity contribution in [1.29, 1.82) is 0 Å². The Kier molecular flexibility index (Phi) is 3.94. The molecule has 1 aliphatic rings. The average Bonchev–Trinajstić information content (AvgIpc) is 3.21. The van der Waals surface area contributed by atoms with E-state index in [1.165, 1.54) is 0 Å². The molecule has 0 bridgehead atoms. The van der Waals surface area contributed by atoms with Gasteiger partial charge in [-0.15, -0.1) is 0 Å². The van der Waals surface area contributed by atoms with Gasteiger partial charge in [0, 0.05) is 17.8 Å². The molecule has 0 spiro atoms. The van der Waals surface area contributed by atoms with E-state index < -0.39 is 11.5 Å². The summed E-state index contributed by atoms with van der Waals surface area (Å²) in [6.07, 6.45) is 1.60. The highest BCUT2D eigenvalue weighted by atomic mass is 16.4. The summed E-state index contributed by atoms with van der Waals surface area (Å²) >= 11 is 0. The van der Waals surface area contributed by atoms with Crippen molar-refractivity contribution in [2.45, 2.75) is 12.5 Å². The summed E-state index contributed by atoms with van der Waals surface area (Å²) in [5.41, 5.74) is 2.29. The molecule has 7 nitrogen and oxygen atoms in total. The number of H-pyrrole nitrogens is 1. The van der Waals surface area contributed by atoms with Gasteiger partial charge in [0.1, 0.15) is 16.9 Å². The molecule has 0 radical (unpaired) electrons. The number of nitrogens with zero attached hydrogens (tertiary/aromatic N) is 2. The van der Waals surface area contributed by atoms with Crippen LogP contribution in [0.3, 0.4) is 0 Å². The summed E-state index contributed by atoms with van der Waals surface area (Å²) in [5, 5.41) is 10.6. The van der Waals surface area contributed by atoms with E-state index >= 15 is 0 Å². The van der Waals surface area contributed by atoms with Gasteiger partial charge in [0.15, 0.2) is 0 Å². The van der Waals surface area contributed by atoms with Gasteiger partial charge in [-0.05, 0) is 29.8 Å². The minimum atomic E-state index is -0.655. The molecule has 1 atom stereocenters. The van der Waals surface area contributed by atoms with Gasteiger partial charge in [0.05, 0.1) is 24.3 Å². The number of para-hydroxylation sites is 1. The van der Waals surface area contributed by atoms with Gasteiger partial charge in [-0.1, -0.05) is 30.3 Å². The number of hydrogen-bond donors (Lipinski definition) is 2. The quantitative estimate of drug-likeness (QED) is 0.515. The minimum absolute atomic E-state index is 0.00123. The maximum absolute atomic E-state index is 13.2. The average molecular weight is 387 g/mol. The third-order valence-electron chi connectivity index (χ3n) is 5.27. The highest BCUT2D eigenvalue weighted by Crippen LogP contribution is 2.33. The number of carbonyl (C=O) groups excluding carboxylic acids is 1. The van der Waals surface area contributed by atoms with E-state index in [-0.39, 0.29) is 17.2 Å². The second kappa shape index (κ2) is 6.63. The van der Waals surface area contributed by atoms with Gasteiger partial charge >= 0.3 is 5.63 Å². The van der Waals surface area contributed by atoms with Gasteiger partial charge < -0.3 is 19.4 Å².